The molecule has 0 bridgehead atoms. The van der Waals surface area contributed by atoms with E-state index in [2.05, 4.69) is 10.3 Å². The second kappa shape index (κ2) is 7.78. The van der Waals surface area contributed by atoms with Crippen molar-refractivity contribution < 1.29 is 4.79 Å². The van der Waals surface area contributed by atoms with Crippen LogP contribution in [0.15, 0.2) is 71.0 Å². The third-order valence-corrected chi connectivity index (χ3v) is 5.43. The smallest absolute Gasteiger partial charge is 0.265 e. The molecule has 140 valence electrons. The van der Waals surface area contributed by atoms with E-state index in [0.29, 0.717) is 18.7 Å². The van der Waals surface area contributed by atoms with Crippen molar-refractivity contribution >= 4 is 28.3 Å². The molecule has 3 aromatic heterocycles. The predicted molar refractivity (Wildman–Crippen MR) is 112 cm³/mol. The summed E-state index contributed by atoms with van der Waals surface area (Å²) in [5.41, 5.74) is 2.50. The molecule has 0 aliphatic carbocycles. The molecule has 3 heterocycles. The maximum absolute atomic E-state index is 13.1. The SMILES string of the molecule is Cc1ccc(Cn2c(=O)c(C(=O)NCc3cccs3)cc3cccnc32)cc1. The van der Waals surface area contributed by atoms with Gasteiger partial charge in [0.05, 0.1) is 13.1 Å². The number of hydrogen-bond donors (Lipinski definition) is 1. The van der Waals surface area contributed by atoms with Gasteiger partial charge in [-0.1, -0.05) is 35.9 Å². The van der Waals surface area contributed by atoms with Gasteiger partial charge >= 0.3 is 0 Å². The number of hydrogen-bond acceptors (Lipinski definition) is 4. The quantitative estimate of drug-likeness (QED) is 0.565. The second-order valence-electron chi connectivity index (χ2n) is 6.61. The van der Waals surface area contributed by atoms with Gasteiger partial charge in [0.1, 0.15) is 11.2 Å². The summed E-state index contributed by atoms with van der Waals surface area (Å²) in [5, 5.41) is 5.56. The van der Waals surface area contributed by atoms with Crippen LogP contribution >= 0.6 is 11.3 Å². The van der Waals surface area contributed by atoms with Crippen LogP contribution in [0.25, 0.3) is 11.0 Å². The number of nitrogens with one attached hydrogen (secondary N) is 1. The lowest BCUT2D eigenvalue weighted by Crippen LogP contribution is -2.33. The van der Waals surface area contributed by atoms with Crippen LogP contribution in [0.4, 0.5) is 0 Å². The van der Waals surface area contributed by atoms with E-state index in [1.165, 1.54) is 0 Å². The Hall–Kier alpha value is -3.25. The van der Waals surface area contributed by atoms with Crippen molar-refractivity contribution in [1.29, 1.82) is 0 Å². The van der Waals surface area contributed by atoms with Gasteiger partial charge in [0.2, 0.25) is 0 Å². The Balaban J connectivity index is 1.73. The molecule has 0 radical (unpaired) electrons. The summed E-state index contributed by atoms with van der Waals surface area (Å²) in [7, 11) is 0. The Kier molecular flexibility index (Phi) is 5.04. The Labute approximate surface area is 166 Å². The third kappa shape index (κ3) is 3.73. The van der Waals surface area contributed by atoms with Gasteiger partial charge in [-0.3, -0.25) is 14.2 Å². The van der Waals surface area contributed by atoms with Gasteiger partial charge in [-0.15, -0.1) is 11.3 Å². The summed E-state index contributed by atoms with van der Waals surface area (Å²) in [5.74, 6) is -0.373. The molecule has 4 aromatic rings. The molecule has 28 heavy (non-hydrogen) atoms. The summed E-state index contributed by atoms with van der Waals surface area (Å²) in [4.78, 5) is 31.2. The van der Waals surface area contributed by atoms with E-state index < -0.39 is 0 Å². The summed E-state index contributed by atoms with van der Waals surface area (Å²) in [6, 6.07) is 17.2. The van der Waals surface area contributed by atoms with Gasteiger partial charge in [-0.2, -0.15) is 0 Å². The van der Waals surface area contributed by atoms with Crippen LogP contribution < -0.4 is 10.9 Å². The van der Waals surface area contributed by atoms with Gasteiger partial charge in [0, 0.05) is 16.5 Å². The molecule has 6 heteroatoms. The summed E-state index contributed by atoms with van der Waals surface area (Å²) in [6.07, 6.45) is 1.66. The summed E-state index contributed by atoms with van der Waals surface area (Å²) < 4.78 is 1.57. The fourth-order valence-corrected chi connectivity index (χ4v) is 3.71. The zero-order valence-electron chi connectivity index (χ0n) is 15.4. The summed E-state index contributed by atoms with van der Waals surface area (Å²) in [6.45, 7) is 2.78. The maximum Gasteiger partial charge on any atom is 0.265 e. The molecule has 0 saturated carbocycles. The molecule has 0 aliphatic rings. The van der Waals surface area contributed by atoms with E-state index >= 15 is 0 Å². The van der Waals surface area contributed by atoms with Crippen molar-refractivity contribution in [3.05, 3.63) is 98.1 Å². The number of pyridine rings is 2. The number of benzene rings is 1. The van der Waals surface area contributed by atoms with E-state index in [4.69, 9.17) is 0 Å². The maximum atomic E-state index is 13.1. The first kappa shape index (κ1) is 18.1. The Morgan fingerprint density at radius 3 is 2.71 bits per heavy atom. The lowest BCUT2D eigenvalue weighted by molar-refractivity contribution is 0.0949. The number of nitrogens with zero attached hydrogens (tertiary/aromatic N) is 2. The highest BCUT2D eigenvalue weighted by Crippen LogP contribution is 2.14. The standard InChI is InChI=1S/C22H19N3O2S/c1-15-6-8-16(9-7-15)14-25-20-17(4-2-10-23-20)12-19(22(25)27)21(26)24-13-18-5-3-11-28-18/h2-12H,13-14H2,1H3,(H,24,26). The number of amides is 1. The zero-order valence-corrected chi connectivity index (χ0v) is 16.2. The van der Waals surface area contributed by atoms with Crippen molar-refractivity contribution in [3.8, 4) is 0 Å². The van der Waals surface area contributed by atoms with Crippen LogP contribution in [0.1, 0.15) is 26.4 Å². The first-order valence-corrected chi connectivity index (χ1v) is 9.84. The van der Waals surface area contributed by atoms with Crippen LogP contribution in [-0.2, 0) is 13.1 Å². The normalized spacial score (nSPS) is 10.9. The molecular formula is C22H19N3O2S. The van der Waals surface area contributed by atoms with Crippen LogP contribution in [0.3, 0.4) is 0 Å². The van der Waals surface area contributed by atoms with Crippen molar-refractivity contribution in [3.63, 3.8) is 0 Å². The average molecular weight is 389 g/mol. The van der Waals surface area contributed by atoms with Crippen molar-refractivity contribution in [1.82, 2.24) is 14.9 Å². The zero-order chi connectivity index (χ0) is 19.5. The van der Waals surface area contributed by atoms with E-state index in [1.54, 1.807) is 34.2 Å². The molecule has 0 saturated heterocycles. The van der Waals surface area contributed by atoms with Crippen molar-refractivity contribution in [2.75, 3.05) is 0 Å². The average Bonchev–Trinajstić information content (AvgIpc) is 3.23. The number of aryl methyl sites for hydroxylation is 1. The molecule has 0 fully saturated rings. The Morgan fingerprint density at radius 1 is 1.14 bits per heavy atom. The highest BCUT2D eigenvalue weighted by Gasteiger charge is 2.16. The molecular weight excluding hydrogens is 370 g/mol. The van der Waals surface area contributed by atoms with Crippen molar-refractivity contribution in [2.45, 2.75) is 20.0 Å². The number of carbonyl (C=O) groups is 1. The van der Waals surface area contributed by atoms with Gasteiger partial charge in [-0.05, 0) is 42.1 Å². The molecule has 1 amide bonds. The molecule has 1 N–H and O–H groups in total. The second-order valence-corrected chi connectivity index (χ2v) is 7.65. The molecule has 0 atom stereocenters. The fraction of sp³-hybridized carbons (Fsp3) is 0.136. The van der Waals surface area contributed by atoms with Crippen LogP contribution in [0.2, 0.25) is 0 Å². The minimum atomic E-state index is -0.373. The molecule has 0 aliphatic heterocycles. The van der Waals surface area contributed by atoms with Crippen molar-refractivity contribution in [2.24, 2.45) is 0 Å². The molecule has 1 aromatic carbocycles. The van der Waals surface area contributed by atoms with E-state index in [-0.39, 0.29) is 17.0 Å². The molecule has 5 nitrogen and oxygen atoms in total. The van der Waals surface area contributed by atoms with Crippen LogP contribution in [-0.4, -0.2) is 15.5 Å². The number of carbonyl (C=O) groups excluding carboxylic acids is 1. The number of fused-ring (bicyclic) bond motifs is 1. The van der Waals surface area contributed by atoms with E-state index in [9.17, 15) is 9.59 Å². The van der Waals surface area contributed by atoms with E-state index in [1.807, 2.05) is 54.8 Å². The largest absolute Gasteiger partial charge is 0.347 e. The minimum Gasteiger partial charge on any atom is -0.347 e. The Bertz CT molecular complexity index is 1180. The lowest BCUT2D eigenvalue weighted by atomic mass is 10.1. The van der Waals surface area contributed by atoms with E-state index in [0.717, 1.165) is 21.4 Å². The number of rotatable bonds is 5. The molecule has 0 spiro atoms. The summed E-state index contributed by atoms with van der Waals surface area (Å²) >= 11 is 1.56. The van der Waals surface area contributed by atoms with Gasteiger partial charge in [0.15, 0.2) is 0 Å². The van der Waals surface area contributed by atoms with Crippen LogP contribution in [0.5, 0.6) is 0 Å². The first-order chi connectivity index (χ1) is 13.6. The lowest BCUT2D eigenvalue weighted by Gasteiger charge is -2.12. The van der Waals surface area contributed by atoms with Gasteiger partial charge in [0.25, 0.3) is 11.5 Å². The highest BCUT2D eigenvalue weighted by molar-refractivity contribution is 7.09. The highest BCUT2D eigenvalue weighted by atomic mass is 32.1. The first-order valence-electron chi connectivity index (χ1n) is 8.96. The monoisotopic (exact) mass is 389 g/mol. The predicted octanol–water partition coefficient (Wildman–Crippen LogP) is 3.74. The van der Waals surface area contributed by atoms with Crippen LogP contribution in [0, 0.1) is 6.92 Å². The topological polar surface area (TPSA) is 64.0 Å². The van der Waals surface area contributed by atoms with Gasteiger partial charge < -0.3 is 5.32 Å². The minimum absolute atomic E-state index is 0.129. The number of aromatic nitrogens is 2. The van der Waals surface area contributed by atoms with Gasteiger partial charge in [-0.25, -0.2) is 4.98 Å². The Morgan fingerprint density at radius 2 is 1.96 bits per heavy atom. The molecule has 0 unspecified atom stereocenters. The fourth-order valence-electron chi connectivity index (χ4n) is 3.07. The number of thiophene rings is 1. The molecule has 4 rings (SSSR count). The third-order valence-electron chi connectivity index (χ3n) is 4.56.